The zero-order valence-corrected chi connectivity index (χ0v) is 23.3. The normalized spacial score (nSPS) is 13.1. The van der Waals surface area contributed by atoms with Crippen molar-refractivity contribution in [1.29, 1.82) is 0 Å². The van der Waals surface area contributed by atoms with E-state index in [9.17, 15) is 22.8 Å². The maximum absolute atomic E-state index is 14.5. The average molecular weight is 584 g/mol. The Labute approximate surface area is 245 Å². The van der Waals surface area contributed by atoms with Crippen molar-refractivity contribution in [3.8, 4) is 11.1 Å². The number of rotatable bonds is 8. The quantitative estimate of drug-likeness (QED) is 0.254. The molecule has 1 atom stereocenters. The van der Waals surface area contributed by atoms with Gasteiger partial charge in [0.05, 0.1) is 34.8 Å². The van der Waals surface area contributed by atoms with Crippen molar-refractivity contribution in [2.45, 2.75) is 38.3 Å². The second-order valence-electron chi connectivity index (χ2n) is 10.6. The number of nitrogens with one attached hydrogen (secondary N) is 2. The fraction of sp³-hybridized carbons (Fsp3) is 0.212. The Bertz CT molecular complexity index is 1850. The number of hydrogen-bond donors (Lipinski definition) is 2. The predicted octanol–water partition coefficient (Wildman–Crippen LogP) is 5.46. The molecule has 0 spiro atoms. The zero-order valence-electron chi connectivity index (χ0n) is 23.3. The van der Waals surface area contributed by atoms with Crippen LogP contribution >= 0.6 is 0 Å². The van der Waals surface area contributed by atoms with Crippen molar-refractivity contribution in [3.05, 3.63) is 119 Å². The van der Waals surface area contributed by atoms with Crippen molar-refractivity contribution >= 4 is 22.8 Å². The Morgan fingerprint density at radius 3 is 2.60 bits per heavy atom. The van der Waals surface area contributed by atoms with Crippen LogP contribution in [-0.2, 0) is 30.6 Å². The summed E-state index contributed by atoms with van der Waals surface area (Å²) in [5, 5.41) is 5.44. The van der Waals surface area contributed by atoms with E-state index in [1.54, 1.807) is 18.3 Å². The highest BCUT2D eigenvalue weighted by Crippen LogP contribution is 2.31. The molecule has 218 valence electrons. The molecule has 0 unspecified atom stereocenters. The van der Waals surface area contributed by atoms with Crippen molar-refractivity contribution in [1.82, 2.24) is 25.2 Å². The average Bonchev–Trinajstić information content (AvgIpc) is 3.34. The first-order chi connectivity index (χ1) is 20.8. The molecule has 0 fully saturated rings. The summed E-state index contributed by atoms with van der Waals surface area (Å²) in [4.78, 5) is 35.2. The Balaban J connectivity index is 1.37. The van der Waals surface area contributed by atoms with Crippen LogP contribution in [0.2, 0.25) is 0 Å². The molecule has 2 aromatic heterocycles. The minimum absolute atomic E-state index is 0.0122. The van der Waals surface area contributed by atoms with Crippen LogP contribution in [0, 0.1) is 17.5 Å². The first-order valence-electron chi connectivity index (χ1n) is 14.0. The minimum Gasteiger partial charge on any atom is -0.355 e. The molecule has 7 nitrogen and oxygen atoms in total. The number of pyridine rings is 1. The largest absolute Gasteiger partial charge is 0.355 e. The molecule has 2 amide bonds. The molecular weight excluding hydrogens is 555 g/mol. The van der Waals surface area contributed by atoms with E-state index < -0.39 is 29.4 Å². The van der Waals surface area contributed by atoms with Gasteiger partial charge in [-0.05, 0) is 72.4 Å². The highest BCUT2D eigenvalue weighted by molar-refractivity contribution is 5.95. The molecule has 1 aliphatic heterocycles. The molecule has 3 aromatic carbocycles. The van der Waals surface area contributed by atoms with E-state index in [0.717, 1.165) is 36.5 Å². The molecular formula is C33H28F3N5O2. The SMILES string of the molecule is CNC(=O)c1cc(-c2cccnc2[C@H](Cc2cc(F)cc(F)c2)NC(=O)Cc2nc3cccc4c3n2CCC4)ccc1F. The number of carbonyl (C=O) groups is 2. The van der Waals surface area contributed by atoms with Crippen molar-refractivity contribution < 1.29 is 22.8 Å². The summed E-state index contributed by atoms with van der Waals surface area (Å²) >= 11 is 0. The van der Waals surface area contributed by atoms with Gasteiger partial charge in [-0.2, -0.15) is 0 Å². The van der Waals surface area contributed by atoms with Gasteiger partial charge in [-0.25, -0.2) is 18.2 Å². The van der Waals surface area contributed by atoms with Crippen LogP contribution in [-0.4, -0.2) is 33.4 Å². The Morgan fingerprint density at radius 2 is 1.81 bits per heavy atom. The van der Waals surface area contributed by atoms with Crippen molar-refractivity contribution in [3.63, 3.8) is 0 Å². The number of aryl methyl sites for hydroxylation is 2. The molecule has 0 bridgehead atoms. The molecule has 5 aromatic rings. The van der Waals surface area contributed by atoms with Crippen molar-refractivity contribution in [2.24, 2.45) is 0 Å². The van der Waals surface area contributed by atoms with Gasteiger partial charge >= 0.3 is 0 Å². The summed E-state index contributed by atoms with van der Waals surface area (Å²) in [6.07, 6.45) is 3.45. The smallest absolute Gasteiger partial charge is 0.254 e. The standard InChI is InChI=1S/C33H28F3N5O2/c1-37-33(43)25-16-21(9-10-26(25)36)24-7-3-11-38-31(24)28(15-19-13-22(34)17-23(35)14-19)40-30(42)18-29-39-27-8-2-5-20-6-4-12-41(29)32(20)27/h2-3,5,7-11,13-14,16-17,28H,4,6,12,15,18H2,1H3,(H,37,43)(H,40,42)/t28-/m0/s1. The number of carbonyl (C=O) groups excluding carboxylic acids is 2. The molecule has 1 aliphatic rings. The van der Waals surface area contributed by atoms with E-state index in [1.165, 1.54) is 42.9 Å². The van der Waals surface area contributed by atoms with E-state index in [-0.39, 0.29) is 24.3 Å². The number of aromatic nitrogens is 3. The summed E-state index contributed by atoms with van der Waals surface area (Å²) in [6.45, 7) is 0.755. The number of halogens is 3. The Hall–Kier alpha value is -4.99. The van der Waals surface area contributed by atoms with Crippen LogP contribution < -0.4 is 10.6 Å². The maximum Gasteiger partial charge on any atom is 0.254 e. The van der Waals surface area contributed by atoms with Crippen LogP contribution in [0.15, 0.2) is 72.9 Å². The first-order valence-corrected chi connectivity index (χ1v) is 14.0. The minimum atomic E-state index is -0.820. The number of benzene rings is 3. The summed E-state index contributed by atoms with van der Waals surface area (Å²) in [5.74, 6) is -2.48. The van der Waals surface area contributed by atoms with Gasteiger partial charge in [0.15, 0.2) is 0 Å². The van der Waals surface area contributed by atoms with Crippen LogP contribution in [0.25, 0.3) is 22.2 Å². The third-order valence-electron chi connectivity index (χ3n) is 7.69. The van der Waals surface area contributed by atoms with Gasteiger partial charge in [0.25, 0.3) is 5.91 Å². The van der Waals surface area contributed by atoms with Gasteiger partial charge in [0.2, 0.25) is 5.91 Å². The Morgan fingerprint density at radius 1 is 1.00 bits per heavy atom. The van der Waals surface area contributed by atoms with E-state index in [4.69, 9.17) is 4.98 Å². The number of amides is 2. The second kappa shape index (κ2) is 11.7. The van der Waals surface area contributed by atoms with E-state index in [0.29, 0.717) is 28.2 Å². The molecule has 0 saturated heterocycles. The lowest BCUT2D eigenvalue weighted by Crippen LogP contribution is -2.33. The third kappa shape index (κ3) is 5.73. The number of imidazole rings is 1. The first kappa shape index (κ1) is 28.1. The molecule has 2 N–H and O–H groups in total. The molecule has 6 rings (SSSR count). The summed E-state index contributed by atoms with van der Waals surface area (Å²) < 4.78 is 44.9. The van der Waals surface area contributed by atoms with Gasteiger partial charge < -0.3 is 15.2 Å². The number of hydrogen-bond acceptors (Lipinski definition) is 4. The van der Waals surface area contributed by atoms with Crippen LogP contribution in [0.1, 0.15) is 45.5 Å². The summed E-state index contributed by atoms with van der Waals surface area (Å²) in [6, 6.07) is 15.9. The van der Waals surface area contributed by atoms with E-state index >= 15 is 0 Å². The number of para-hydroxylation sites is 1. The lowest BCUT2D eigenvalue weighted by atomic mass is 9.94. The fourth-order valence-electron chi connectivity index (χ4n) is 5.82. The van der Waals surface area contributed by atoms with Crippen LogP contribution in [0.5, 0.6) is 0 Å². The maximum atomic E-state index is 14.5. The predicted molar refractivity (Wildman–Crippen MR) is 156 cm³/mol. The van der Waals surface area contributed by atoms with Gasteiger partial charge in [-0.3, -0.25) is 14.6 Å². The fourth-order valence-corrected chi connectivity index (χ4v) is 5.82. The second-order valence-corrected chi connectivity index (χ2v) is 10.6. The molecule has 3 heterocycles. The van der Waals surface area contributed by atoms with Gasteiger partial charge in [0, 0.05) is 31.4 Å². The van der Waals surface area contributed by atoms with Crippen LogP contribution in [0.3, 0.4) is 0 Å². The van der Waals surface area contributed by atoms with Gasteiger partial charge in [-0.15, -0.1) is 0 Å². The topological polar surface area (TPSA) is 88.9 Å². The lowest BCUT2D eigenvalue weighted by molar-refractivity contribution is -0.121. The molecule has 43 heavy (non-hydrogen) atoms. The molecule has 0 saturated carbocycles. The Kier molecular flexibility index (Phi) is 7.67. The summed E-state index contributed by atoms with van der Waals surface area (Å²) in [5.41, 5.74) is 4.65. The van der Waals surface area contributed by atoms with E-state index in [1.807, 2.05) is 12.1 Å². The molecule has 0 radical (unpaired) electrons. The van der Waals surface area contributed by atoms with Gasteiger partial charge in [0.1, 0.15) is 23.3 Å². The third-order valence-corrected chi connectivity index (χ3v) is 7.69. The number of nitrogens with zero attached hydrogens (tertiary/aromatic N) is 3. The highest BCUT2D eigenvalue weighted by atomic mass is 19.1. The monoisotopic (exact) mass is 583 g/mol. The molecule has 0 aliphatic carbocycles. The lowest BCUT2D eigenvalue weighted by Gasteiger charge is -2.22. The summed E-state index contributed by atoms with van der Waals surface area (Å²) in [7, 11) is 1.41. The van der Waals surface area contributed by atoms with E-state index in [2.05, 4.69) is 26.3 Å². The molecule has 10 heteroatoms. The van der Waals surface area contributed by atoms with Gasteiger partial charge in [-0.1, -0.05) is 24.3 Å². The van der Waals surface area contributed by atoms with Crippen LogP contribution in [0.4, 0.5) is 13.2 Å². The zero-order chi connectivity index (χ0) is 30.1. The highest BCUT2D eigenvalue weighted by Gasteiger charge is 2.25. The van der Waals surface area contributed by atoms with Crippen molar-refractivity contribution in [2.75, 3.05) is 7.05 Å².